The van der Waals surface area contributed by atoms with Crippen molar-refractivity contribution >= 4 is 0 Å². The van der Waals surface area contributed by atoms with Gasteiger partial charge in [-0.1, -0.05) is 0 Å². The maximum absolute atomic E-state index is 0. The molecule has 0 aromatic carbocycles. The van der Waals surface area contributed by atoms with Crippen LogP contribution in [0, 0.1) is 0 Å². The average Bonchev–Trinajstić information content (AvgIpc) is 0. The van der Waals surface area contributed by atoms with Gasteiger partial charge in [-0.25, -0.2) is 0 Å². The molecule has 0 unspecified atom stereocenters. The van der Waals surface area contributed by atoms with Crippen LogP contribution >= 0.6 is 0 Å². The van der Waals surface area contributed by atoms with Crippen LogP contribution in [-0.4, -0.2) is 21.9 Å². The van der Waals surface area contributed by atoms with Crippen LogP contribution in [0.3, 0.4) is 0 Å². The summed E-state index contributed by atoms with van der Waals surface area (Å²) >= 11 is 0. The third kappa shape index (κ3) is 44.0. The summed E-state index contributed by atoms with van der Waals surface area (Å²) in [5.74, 6) is 0. The predicted octanol–water partition coefficient (Wildman–Crippen LogP) is -0.712. The minimum Gasteiger partial charge on any atom is -0.870 e. The van der Waals surface area contributed by atoms with Crippen molar-refractivity contribution in [1.82, 2.24) is 0 Å². The second-order valence-electron chi connectivity index (χ2n) is 0. The van der Waals surface area contributed by atoms with Gasteiger partial charge in [0.25, 0.3) is 0 Å². The second kappa shape index (κ2) is 76.1. The Balaban J connectivity index is 0. The van der Waals surface area contributed by atoms with E-state index in [0.29, 0.717) is 0 Å². The van der Waals surface area contributed by atoms with Crippen molar-refractivity contribution in [3.8, 4) is 0 Å². The Kier molecular flexibility index (Phi) is 1540. The Labute approximate surface area is 75.9 Å². The van der Waals surface area contributed by atoms with E-state index >= 15 is 0 Å². The molecule has 0 bridgehead atoms. The van der Waals surface area contributed by atoms with Crippen LogP contribution in [0.1, 0.15) is 0 Å². The van der Waals surface area contributed by atoms with Gasteiger partial charge >= 0.3 is 54.6 Å². The van der Waals surface area contributed by atoms with Crippen LogP contribution in [0.5, 0.6) is 0 Å². The molecule has 0 aliphatic heterocycles. The fraction of sp³-hybridized carbons (Fsp3) is 0. The van der Waals surface area contributed by atoms with Crippen LogP contribution < -0.4 is 0 Å². The molecule has 0 fully saturated rings. The standard InChI is InChI=1S/2Cd.4H2O/h;;4*1H2/q2*+2;;;;/p-4. The normalized spacial score (nSPS) is 0. The first-order valence-corrected chi connectivity index (χ1v) is 0. The molecule has 4 N–H and O–H groups in total. The number of rotatable bonds is 0. The van der Waals surface area contributed by atoms with Gasteiger partial charge in [-0.05, 0) is 0 Å². The van der Waals surface area contributed by atoms with E-state index in [1.807, 2.05) is 0 Å². The van der Waals surface area contributed by atoms with E-state index in [2.05, 4.69) is 0 Å². The quantitative estimate of drug-likeness (QED) is 0.547. The van der Waals surface area contributed by atoms with Crippen molar-refractivity contribution in [3.63, 3.8) is 0 Å². The Morgan fingerprint density at radius 2 is 0.333 bits per heavy atom. The van der Waals surface area contributed by atoms with E-state index < -0.39 is 0 Å². The van der Waals surface area contributed by atoms with Gasteiger partial charge in [0.2, 0.25) is 0 Å². The molecule has 0 saturated carbocycles. The minimum absolute atomic E-state index is 0. The fourth-order valence-corrected chi connectivity index (χ4v) is 0. The monoisotopic (exact) mass is 296 g/mol. The Morgan fingerprint density at radius 3 is 0.333 bits per heavy atom. The number of hydrogen-bond donors (Lipinski definition) is 0. The fourth-order valence-electron chi connectivity index (χ4n) is 0. The van der Waals surface area contributed by atoms with Gasteiger partial charge < -0.3 is 21.9 Å². The van der Waals surface area contributed by atoms with Gasteiger partial charge in [0.15, 0.2) is 0 Å². The van der Waals surface area contributed by atoms with Crippen molar-refractivity contribution in [2.24, 2.45) is 0 Å². The molecule has 0 atom stereocenters. The van der Waals surface area contributed by atoms with Gasteiger partial charge in [-0.3, -0.25) is 0 Å². The van der Waals surface area contributed by atoms with Crippen LogP contribution in [0.25, 0.3) is 0 Å². The molecule has 0 spiro atoms. The van der Waals surface area contributed by atoms with Crippen molar-refractivity contribution in [2.45, 2.75) is 0 Å². The molecule has 0 rings (SSSR count). The van der Waals surface area contributed by atoms with Crippen molar-refractivity contribution in [1.29, 1.82) is 0 Å². The first-order valence-electron chi connectivity index (χ1n) is 0. The Bertz CT molecular complexity index is 5.51. The van der Waals surface area contributed by atoms with E-state index in [4.69, 9.17) is 0 Å². The van der Waals surface area contributed by atoms with Crippen molar-refractivity contribution < 1.29 is 76.5 Å². The smallest absolute Gasteiger partial charge is 0.870 e. The van der Waals surface area contributed by atoms with Crippen LogP contribution in [0.15, 0.2) is 0 Å². The molecule has 0 radical (unpaired) electrons. The van der Waals surface area contributed by atoms with E-state index in [9.17, 15) is 0 Å². The van der Waals surface area contributed by atoms with Gasteiger partial charge in [-0.15, -0.1) is 0 Å². The summed E-state index contributed by atoms with van der Waals surface area (Å²) in [5, 5.41) is 0. The minimum atomic E-state index is 0. The molecule has 6 heteroatoms. The van der Waals surface area contributed by atoms with Gasteiger partial charge in [0.05, 0.1) is 0 Å². The zero-order valence-corrected chi connectivity index (χ0v) is 11.3. The van der Waals surface area contributed by atoms with Gasteiger partial charge in [0.1, 0.15) is 0 Å². The molecular weight excluding hydrogens is 289 g/mol. The summed E-state index contributed by atoms with van der Waals surface area (Å²) in [6.45, 7) is 0. The molecule has 0 aliphatic rings. The predicted molar refractivity (Wildman–Crippen MR) is 7.74 cm³/mol. The molecule has 0 aromatic heterocycles. The molecular formula is H4Cd2O4. The molecule has 0 aromatic rings. The summed E-state index contributed by atoms with van der Waals surface area (Å²) in [5.41, 5.74) is 0. The van der Waals surface area contributed by atoms with E-state index in [1.54, 1.807) is 0 Å². The molecule has 32 valence electrons. The Morgan fingerprint density at radius 1 is 0.333 bits per heavy atom. The molecule has 0 saturated heterocycles. The molecule has 0 amide bonds. The van der Waals surface area contributed by atoms with Crippen molar-refractivity contribution in [3.05, 3.63) is 0 Å². The zero-order valence-electron chi connectivity index (χ0n) is 3.20. The van der Waals surface area contributed by atoms with Gasteiger partial charge in [0, 0.05) is 0 Å². The first-order chi connectivity index (χ1) is 0. The van der Waals surface area contributed by atoms with E-state index in [-0.39, 0.29) is 76.5 Å². The summed E-state index contributed by atoms with van der Waals surface area (Å²) in [4.78, 5) is 0. The van der Waals surface area contributed by atoms with Crippen molar-refractivity contribution in [2.75, 3.05) is 0 Å². The Hall–Kier alpha value is 1.68. The third-order valence-electron chi connectivity index (χ3n) is 0. The van der Waals surface area contributed by atoms with Crippen LogP contribution in [0.4, 0.5) is 0 Å². The maximum atomic E-state index is 0. The molecule has 0 aliphatic carbocycles. The summed E-state index contributed by atoms with van der Waals surface area (Å²) in [6.07, 6.45) is 0. The third-order valence-corrected chi connectivity index (χ3v) is 0. The van der Waals surface area contributed by atoms with Gasteiger partial charge in [-0.2, -0.15) is 0 Å². The summed E-state index contributed by atoms with van der Waals surface area (Å²) < 4.78 is 0. The molecule has 0 heterocycles. The summed E-state index contributed by atoms with van der Waals surface area (Å²) in [6, 6.07) is 0. The SMILES string of the molecule is [Cd+2].[Cd+2].[OH-].[OH-].[OH-].[OH-]. The first kappa shape index (κ1) is 121. The maximum Gasteiger partial charge on any atom is 2.00 e. The van der Waals surface area contributed by atoms with E-state index in [0.717, 1.165) is 0 Å². The topological polar surface area (TPSA) is 120 Å². The molecule has 6 heavy (non-hydrogen) atoms. The van der Waals surface area contributed by atoms with Crippen LogP contribution in [-0.2, 0) is 54.6 Å². The largest absolute Gasteiger partial charge is 2.00 e. The zero-order chi connectivity index (χ0) is 0. The number of hydrogen-bond acceptors (Lipinski definition) is 4. The van der Waals surface area contributed by atoms with E-state index in [1.165, 1.54) is 0 Å². The average molecular weight is 293 g/mol. The van der Waals surface area contributed by atoms with Crippen LogP contribution in [0.2, 0.25) is 0 Å². The summed E-state index contributed by atoms with van der Waals surface area (Å²) in [7, 11) is 0. The molecule has 4 nitrogen and oxygen atoms in total. The second-order valence-corrected chi connectivity index (χ2v) is 0.